The van der Waals surface area contributed by atoms with Gasteiger partial charge in [0.2, 0.25) is 0 Å². The second kappa shape index (κ2) is 7.21. The van der Waals surface area contributed by atoms with Crippen molar-refractivity contribution in [2.75, 3.05) is 5.75 Å². The van der Waals surface area contributed by atoms with E-state index in [4.69, 9.17) is 9.15 Å². The van der Waals surface area contributed by atoms with Gasteiger partial charge in [0.1, 0.15) is 11.5 Å². The third kappa shape index (κ3) is 3.59. The van der Waals surface area contributed by atoms with Crippen molar-refractivity contribution in [2.24, 2.45) is 23.2 Å². The van der Waals surface area contributed by atoms with Gasteiger partial charge >= 0.3 is 0 Å². The van der Waals surface area contributed by atoms with Crippen LogP contribution in [0.1, 0.15) is 50.0 Å². The van der Waals surface area contributed by atoms with Gasteiger partial charge in [-0.05, 0) is 80.9 Å². The fourth-order valence-electron chi connectivity index (χ4n) is 5.94. The number of benzene rings is 1. The molecule has 4 bridgehead atoms. The van der Waals surface area contributed by atoms with E-state index in [0.717, 1.165) is 48.3 Å². The Hall–Kier alpha value is -1.82. The Morgan fingerprint density at radius 2 is 1.89 bits per heavy atom. The van der Waals surface area contributed by atoms with Crippen LogP contribution in [0.25, 0.3) is 0 Å². The summed E-state index contributed by atoms with van der Waals surface area (Å²) in [4.78, 5) is 13.1. The maximum atomic E-state index is 13.1. The Balaban J connectivity index is 1.16. The van der Waals surface area contributed by atoms with Crippen molar-refractivity contribution in [3.8, 4) is 5.75 Å². The Labute approximate surface area is 169 Å². The highest BCUT2D eigenvalue weighted by molar-refractivity contribution is 7.99. The molecule has 4 saturated carbocycles. The zero-order valence-electron chi connectivity index (χ0n) is 16.2. The number of aryl methyl sites for hydroxylation is 1. The molecule has 4 aliphatic rings. The second-order valence-electron chi connectivity index (χ2n) is 8.98. The highest BCUT2D eigenvalue weighted by atomic mass is 32.2. The average molecular weight is 399 g/mol. The van der Waals surface area contributed by atoms with Gasteiger partial charge in [-0.1, -0.05) is 23.9 Å². The minimum Gasteiger partial charge on any atom is -0.484 e. The topological polar surface area (TPSA) is 65.2 Å². The standard InChI is InChI=1S/C22H26N2O3S/c1-14-3-2-4-18(5-14)26-12-20-23-24-21(27-20)28-13-19(25)22-9-15-6-16(10-22)8-17(7-15)11-22/h2-5,15-17H,6-13H2,1H3. The molecular formula is C22H26N2O3S. The van der Waals surface area contributed by atoms with Crippen LogP contribution in [0, 0.1) is 30.1 Å². The van der Waals surface area contributed by atoms with Crippen molar-refractivity contribution in [1.29, 1.82) is 0 Å². The van der Waals surface area contributed by atoms with Crippen molar-refractivity contribution in [1.82, 2.24) is 10.2 Å². The predicted octanol–water partition coefficient (Wildman–Crippen LogP) is 4.83. The smallest absolute Gasteiger partial charge is 0.277 e. The quantitative estimate of drug-likeness (QED) is 0.622. The van der Waals surface area contributed by atoms with E-state index in [2.05, 4.69) is 10.2 Å². The van der Waals surface area contributed by atoms with E-state index < -0.39 is 0 Å². The number of ether oxygens (including phenoxy) is 1. The first kappa shape index (κ1) is 18.2. The van der Waals surface area contributed by atoms with Gasteiger partial charge in [-0.2, -0.15) is 0 Å². The van der Waals surface area contributed by atoms with Crippen molar-refractivity contribution < 1.29 is 13.9 Å². The van der Waals surface area contributed by atoms with Crippen LogP contribution in [0.15, 0.2) is 33.9 Å². The molecule has 0 spiro atoms. The molecule has 0 unspecified atom stereocenters. The molecule has 0 atom stereocenters. The van der Waals surface area contributed by atoms with Gasteiger partial charge in [0, 0.05) is 5.41 Å². The fraction of sp³-hybridized carbons (Fsp3) is 0.591. The molecule has 4 fully saturated rings. The van der Waals surface area contributed by atoms with Crippen LogP contribution in [-0.4, -0.2) is 21.7 Å². The van der Waals surface area contributed by atoms with Gasteiger partial charge in [0.05, 0.1) is 5.75 Å². The maximum Gasteiger partial charge on any atom is 0.277 e. The van der Waals surface area contributed by atoms with Gasteiger partial charge in [0.25, 0.3) is 11.1 Å². The van der Waals surface area contributed by atoms with Crippen LogP contribution < -0.4 is 4.74 Å². The summed E-state index contributed by atoms with van der Waals surface area (Å²) in [6, 6.07) is 7.85. The van der Waals surface area contributed by atoms with Gasteiger partial charge < -0.3 is 9.15 Å². The molecule has 6 rings (SSSR count). The summed E-state index contributed by atoms with van der Waals surface area (Å²) in [6.07, 6.45) is 7.39. The molecule has 1 heterocycles. The number of carbonyl (C=O) groups excluding carboxylic acids is 1. The number of Topliss-reactive ketones (excluding diaryl/α,β-unsaturated/α-hetero) is 1. The van der Waals surface area contributed by atoms with Gasteiger partial charge in [-0.3, -0.25) is 4.79 Å². The number of carbonyl (C=O) groups is 1. The SMILES string of the molecule is Cc1cccc(OCc2nnc(SCC(=O)C34CC5CC(CC(C5)C3)C4)o2)c1. The molecule has 0 radical (unpaired) electrons. The first-order valence-electron chi connectivity index (χ1n) is 10.3. The molecule has 2 aromatic rings. The predicted molar refractivity (Wildman–Crippen MR) is 106 cm³/mol. The fourth-order valence-corrected chi connectivity index (χ4v) is 6.75. The Kier molecular flexibility index (Phi) is 4.69. The molecule has 1 aromatic carbocycles. The average Bonchev–Trinajstić information content (AvgIpc) is 3.11. The summed E-state index contributed by atoms with van der Waals surface area (Å²) in [5.74, 6) is 4.41. The van der Waals surface area contributed by atoms with E-state index in [-0.39, 0.29) is 12.0 Å². The number of rotatable bonds is 7. The summed E-state index contributed by atoms with van der Waals surface area (Å²) in [6.45, 7) is 2.26. The summed E-state index contributed by atoms with van der Waals surface area (Å²) in [5, 5.41) is 8.59. The molecule has 28 heavy (non-hydrogen) atoms. The lowest BCUT2D eigenvalue weighted by Gasteiger charge is -2.55. The molecule has 6 heteroatoms. The zero-order valence-corrected chi connectivity index (χ0v) is 17.0. The van der Waals surface area contributed by atoms with E-state index in [9.17, 15) is 4.79 Å². The van der Waals surface area contributed by atoms with Crippen LogP contribution in [0.2, 0.25) is 0 Å². The molecule has 0 N–H and O–H groups in total. The molecule has 1 aromatic heterocycles. The van der Waals surface area contributed by atoms with Gasteiger partial charge in [-0.25, -0.2) is 0 Å². The summed E-state index contributed by atoms with van der Waals surface area (Å²) in [7, 11) is 0. The summed E-state index contributed by atoms with van der Waals surface area (Å²) < 4.78 is 11.4. The normalized spacial score (nSPS) is 30.5. The number of ketones is 1. The van der Waals surface area contributed by atoms with E-state index in [1.165, 1.54) is 31.0 Å². The van der Waals surface area contributed by atoms with Crippen LogP contribution in [0.5, 0.6) is 5.75 Å². The van der Waals surface area contributed by atoms with Crippen LogP contribution in [-0.2, 0) is 11.4 Å². The number of aromatic nitrogens is 2. The summed E-state index contributed by atoms with van der Waals surface area (Å²) >= 11 is 1.38. The number of nitrogens with zero attached hydrogens (tertiary/aromatic N) is 2. The van der Waals surface area contributed by atoms with Crippen molar-refractivity contribution in [3.05, 3.63) is 35.7 Å². The lowest BCUT2D eigenvalue weighted by atomic mass is 9.48. The zero-order chi connectivity index (χ0) is 19.1. The molecule has 148 valence electrons. The first-order valence-corrected chi connectivity index (χ1v) is 11.2. The van der Waals surface area contributed by atoms with E-state index >= 15 is 0 Å². The lowest BCUT2D eigenvalue weighted by Crippen LogP contribution is -2.50. The molecule has 0 amide bonds. The van der Waals surface area contributed by atoms with Crippen LogP contribution >= 0.6 is 11.8 Å². The Bertz CT molecular complexity index is 843. The van der Waals surface area contributed by atoms with Crippen LogP contribution in [0.4, 0.5) is 0 Å². The summed E-state index contributed by atoms with van der Waals surface area (Å²) in [5.41, 5.74) is 1.08. The van der Waals surface area contributed by atoms with E-state index in [1.807, 2.05) is 31.2 Å². The minimum absolute atomic E-state index is 0.0567. The van der Waals surface area contributed by atoms with Crippen LogP contribution in [0.3, 0.4) is 0 Å². The van der Waals surface area contributed by atoms with Crippen molar-refractivity contribution in [3.63, 3.8) is 0 Å². The van der Waals surface area contributed by atoms with Gasteiger partial charge in [-0.15, -0.1) is 10.2 Å². The molecule has 0 saturated heterocycles. The lowest BCUT2D eigenvalue weighted by molar-refractivity contribution is -0.141. The number of thioether (sulfide) groups is 1. The maximum absolute atomic E-state index is 13.1. The largest absolute Gasteiger partial charge is 0.484 e. The number of hydrogen-bond donors (Lipinski definition) is 0. The Morgan fingerprint density at radius 3 is 2.57 bits per heavy atom. The molecule has 0 aliphatic heterocycles. The van der Waals surface area contributed by atoms with E-state index in [0.29, 0.717) is 22.6 Å². The first-order chi connectivity index (χ1) is 13.6. The third-order valence-electron chi connectivity index (χ3n) is 6.76. The molecule has 4 aliphatic carbocycles. The highest BCUT2D eigenvalue weighted by Gasteiger charge is 2.54. The van der Waals surface area contributed by atoms with E-state index in [1.54, 1.807) is 0 Å². The van der Waals surface area contributed by atoms with Gasteiger partial charge in [0.15, 0.2) is 6.61 Å². The molecule has 5 nitrogen and oxygen atoms in total. The second-order valence-corrected chi connectivity index (χ2v) is 9.90. The monoisotopic (exact) mass is 398 g/mol. The van der Waals surface area contributed by atoms with Crippen molar-refractivity contribution in [2.45, 2.75) is 57.3 Å². The minimum atomic E-state index is -0.0567. The highest BCUT2D eigenvalue weighted by Crippen LogP contribution is 2.60. The van der Waals surface area contributed by atoms with Crippen molar-refractivity contribution >= 4 is 17.5 Å². The molecular weight excluding hydrogens is 372 g/mol. The Morgan fingerprint density at radius 1 is 1.18 bits per heavy atom. The number of hydrogen-bond acceptors (Lipinski definition) is 6. The third-order valence-corrected chi connectivity index (χ3v) is 7.58.